The quantitative estimate of drug-likeness (QED) is 0.486. The zero-order valence-electron chi connectivity index (χ0n) is 17.9. The normalized spacial score (nSPS) is 20.2. The van der Waals surface area contributed by atoms with Crippen molar-refractivity contribution in [3.8, 4) is 0 Å². The van der Waals surface area contributed by atoms with Crippen LogP contribution in [0.4, 0.5) is 0 Å². The van der Waals surface area contributed by atoms with Crippen molar-refractivity contribution in [2.24, 2.45) is 0 Å². The van der Waals surface area contributed by atoms with Gasteiger partial charge in [0.25, 0.3) is 0 Å². The molecule has 1 saturated heterocycles. The van der Waals surface area contributed by atoms with E-state index >= 15 is 0 Å². The smallest absolute Gasteiger partial charge is 0.246 e. The zero-order valence-corrected chi connectivity index (χ0v) is 18.6. The van der Waals surface area contributed by atoms with Gasteiger partial charge in [0.05, 0.1) is 6.04 Å². The molecule has 2 atom stereocenters. The van der Waals surface area contributed by atoms with E-state index < -0.39 is 6.04 Å². The van der Waals surface area contributed by atoms with Crippen LogP contribution in [-0.2, 0) is 22.6 Å². The summed E-state index contributed by atoms with van der Waals surface area (Å²) < 4.78 is 0. The lowest BCUT2D eigenvalue weighted by atomic mass is 9.86. The standard InChI is InChI=1S/C27H22ClN3O2/c28-19-12-10-17(11-13-19)15-30-16-24(32)31-23(27(30)33)14-21-20-8-4-5-9-22(20)29-25(21)26(31)18-6-2-1-3-7-18/h1-13,23,26,29H,14-16H2/t23-,26?/m1/s1. The Morgan fingerprint density at radius 1 is 0.909 bits per heavy atom. The minimum Gasteiger partial charge on any atom is -0.356 e. The molecule has 4 aromatic rings. The molecular formula is C27H22ClN3O2. The number of fused-ring (bicyclic) bond motifs is 4. The number of hydrogen-bond acceptors (Lipinski definition) is 2. The summed E-state index contributed by atoms with van der Waals surface area (Å²) in [5.41, 5.74) is 5.11. The van der Waals surface area contributed by atoms with E-state index in [2.05, 4.69) is 11.1 Å². The summed E-state index contributed by atoms with van der Waals surface area (Å²) in [4.78, 5) is 34.3. The van der Waals surface area contributed by atoms with Crippen LogP contribution in [0.15, 0.2) is 78.9 Å². The molecule has 2 aliphatic rings. The third-order valence-corrected chi connectivity index (χ3v) is 7.00. The first-order chi connectivity index (χ1) is 16.1. The molecule has 3 aromatic carbocycles. The number of carbonyl (C=O) groups is 2. The van der Waals surface area contributed by atoms with Gasteiger partial charge in [-0.05, 0) is 34.9 Å². The number of rotatable bonds is 3. The molecule has 2 amide bonds. The SMILES string of the molecule is O=C1[C@H]2Cc3c([nH]c4ccccc34)C(c3ccccc3)N2C(=O)CN1Cc1ccc(Cl)cc1. The van der Waals surface area contributed by atoms with E-state index in [1.54, 1.807) is 9.80 Å². The molecule has 0 aliphatic carbocycles. The number of benzene rings is 3. The molecular weight excluding hydrogens is 434 g/mol. The third-order valence-electron chi connectivity index (χ3n) is 6.74. The van der Waals surface area contributed by atoms with Crippen molar-refractivity contribution in [3.63, 3.8) is 0 Å². The molecule has 5 nitrogen and oxygen atoms in total. The van der Waals surface area contributed by atoms with Gasteiger partial charge in [-0.2, -0.15) is 0 Å². The van der Waals surface area contributed by atoms with Crippen molar-refractivity contribution in [2.45, 2.75) is 25.0 Å². The van der Waals surface area contributed by atoms with Crippen molar-refractivity contribution >= 4 is 34.3 Å². The molecule has 33 heavy (non-hydrogen) atoms. The van der Waals surface area contributed by atoms with Crippen LogP contribution < -0.4 is 0 Å². The minimum absolute atomic E-state index is 0.0126. The van der Waals surface area contributed by atoms with Gasteiger partial charge in [-0.1, -0.05) is 72.3 Å². The Labute approximate surface area is 196 Å². The van der Waals surface area contributed by atoms with Crippen LogP contribution >= 0.6 is 11.6 Å². The van der Waals surface area contributed by atoms with Gasteiger partial charge >= 0.3 is 0 Å². The number of nitrogens with one attached hydrogen (secondary N) is 1. The highest BCUT2D eigenvalue weighted by molar-refractivity contribution is 6.30. The van der Waals surface area contributed by atoms with Gasteiger partial charge in [-0.25, -0.2) is 0 Å². The van der Waals surface area contributed by atoms with E-state index in [1.807, 2.05) is 72.8 Å². The van der Waals surface area contributed by atoms with E-state index in [1.165, 1.54) is 0 Å². The van der Waals surface area contributed by atoms with Crippen LogP contribution in [0.3, 0.4) is 0 Å². The number of H-pyrrole nitrogens is 1. The molecule has 1 N–H and O–H groups in total. The number of piperazine rings is 1. The fourth-order valence-corrected chi connectivity index (χ4v) is 5.38. The molecule has 0 saturated carbocycles. The summed E-state index contributed by atoms with van der Waals surface area (Å²) >= 11 is 6.01. The predicted octanol–water partition coefficient (Wildman–Crippen LogP) is 4.71. The molecule has 0 radical (unpaired) electrons. The number of para-hydroxylation sites is 1. The van der Waals surface area contributed by atoms with Gasteiger partial charge in [-0.15, -0.1) is 0 Å². The lowest BCUT2D eigenvalue weighted by Gasteiger charge is -2.47. The maximum absolute atomic E-state index is 13.7. The Morgan fingerprint density at radius 2 is 1.64 bits per heavy atom. The Hall–Kier alpha value is -3.57. The number of carbonyl (C=O) groups excluding carboxylic acids is 2. The molecule has 6 rings (SSSR count). The van der Waals surface area contributed by atoms with Gasteiger partial charge in [-0.3, -0.25) is 9.59 Å². The highest BCUT2D eigenvalue weighted by Crippen LogP contribution is 2.42. The number of nitrogens with zero attached hydrogens (tertiary/aromatic N) is 2. The predicted molar refractivity (Wildman–Crippen MR) is 128 cm³/mol. The Morgan fingerprint density at radius 3 is 2.42 bits per heavy atom. The number of aromatic nitrogens is 1. The molecule has 1 fully saturated rings. The van der Waals surface area contributed by atoms with E-state index in [9.17, 15) is 9.59 Å². The average Bonchev–Trinajstić information content (AvgIpc) is 3.21. The zero-order chi connectivity index (χ0) is 22.5. The summed E-state index contributed by atoms with van der Waals surface area (Å²) in [6.45, 7) is 0.458. The van der Waals surface area contributed by atoms with Gasteiger partial charge in [0, 0.05) is 34.6 Å². The fraction of sp³-hybridized carbons (Fsp3) is 0.185. The van der Waals surface area contributed by atoms with Crippen molar-refractivity contribution in [2.75, 3.05) is 6.54 Å². The van der Waals surface area contributed by atoms with Crippen molar-refractivity contribution in [1.82, 2.24) is 14.8 Å². The number of amides is 2. The lowest BCUT2D eigenvalue weighted by Crippen LogP contribution is -2.62. The highest BCUT2D eigenvalue weighted by Gasteiger charge is 2.48. The van der Waals surface area contributed by atoms with Crippen LogP contribution in [0.5, 0.6) is 0 Å². The van der Waals surface area contributed by atoms with Gasteiger partial charge in [0.1, 0.15) is 12.6 Å². The molecule has 6 heteroatoms. The molecule has 164 valence electrons. The van der Waals surface area contributed by atoms with E-state index in [0.717, 1.165) is 33.3 Å². The van der Waals surface area contributed by atoms with Crippen LogP contribution in [0.2, 0.25) is 5.02 Å². The Bertz CT molecular complexity index is 1360. The monoisotopic (exact) mass is 455 g/mol. The highest BCUT2D eigenvalue weighted by atomic mass is 35.5. The average molecular weight is 456 g/mol. The van der Waals surface area contributed by atoms with Gasteiger partial charge < -0.3 is 14.8 Å². The first-order valence-corrected chi connectivity index (χ1v) is 11.5. The summed E-state index contributed by atoms with van der Waals surface area (Å²) in [5, 5.41) is 1.76. The Kier molecular flexibility index (Phi) is 4.73. The van der Waals surface area contributed by atoms with E-state index in [0.29, 0.717) is 18.0 Å². The van der Waals surface area contributed by atoms with Crippen LogP contribution in [0.25, 0.3) is 10.9 Å². The summed E-state index contributed by atoms with van der Waals surface area (Å²) in [6, 6.07) is 24.7. The maximum atomic E-state index is 13.7. The van der Waals surface area contributed by atoms with Gasteiger partial charge in [0.15, 0.2) is 0 Å². The molecule has 1 unspecified atom stereocenters. The number of hydrogen-bond donors (Lipinski definition) is 1. The largest absolute Gasteiger partial charge is 0.356 e. The van der Waals surface area contributed by atoms with Crippen LogP contribution in [0.1, 0.15) is 28.4 Å². The van der Waals surface area contributed by atoms with Crippen molar-refractivity contribution in [3.05, 3.63) is 106 Å². The minimum atomic E-state index is -0.532. The second-order valence-electron chi connectivity index (χ2n) is 8.72. The summed E-state index contributed by atoms with van der Waals surface area (Å²) in [7, 11) is 0. The molecule has 0 spiro atoms. The summed E-state index contributed by atoms with van der Waals surface area (Å²) in [5.74, 6) is -0.0480. The molecule has 1 aromatic heterocycles. The second-order valence-corrected chi connectivity index (χ2v) is 9.15. The molecule has 2 aliphatic heterocycles. The summed E-state index contributed by atoms with van der Waals surface area (Å²) in [6.07, 6.45) is 0.504. The second kappa shape index (κ2) is 7.78. The van der Waals surface area contributed by atoms with Crippen LogP contribution in [0, 0.1) is 0 Å². The maximum Gasteiger partial charge on any atom is 0.246 e. The van der Waals surface area contributed by atoms with E-state index in [4.69, 9.17) is 11.6 Å². The third kappa shape index (κ3) is 3.31. The topological polar surface area (TPSA) is 56.4 Å². The lowest BCUT2D eigenvalue weighted by molar-refractivity contribution is -0.159. The van der Waals surface area contributed by atoms with Gasteiger partial charge in [0.2, 0.25) is 11.8 Å². The van der Waals surface area contributed by atoms with Crippen molar-refractivity contribution < 1.29 is 9.59 Å². The van der Waals surface area contributed by atoms with E-state index in [-0.39, 0.29) is 24.4 Å². The van der Waals surface area contributed by atoms with Crippen molar-refractivity contribution in [1.29, 1.82) is 0 Å². The number of aromatic amines is 1. The molecule has 3 heterocycles. The first-order valence-electron chi connectivity index (χ1n) is 11.1. The Balaban J connectivity index is 1.44. The number of halogens is 1. The molecule has 0 bridgehead atoms. The fourth-order valence-electron chi connectivity index (χ4n) is 5.25. The first kappa shape index (κ1) is 20.1. The van der Waals surface area contributed by atoms with Crippen LogP contribution in [-0.4, -0.2) is 39.2 Å².